The molecule has 0 spiro atoms. The molecule has 60 valence electrons. The van der Waals surface area contributed by atoms with Crippen LogP contribution in [0.4, 0.5) is 8.78 Å². The topological polar surface area (TPSA) is 26.0 Å². The van der Waals surface area contributed by atoms with Crippen LogP contribution >= 0.6 is 0 Å². The third-order valence-electron chi connectivity index (χ3n) is 2.11. The molecule has 1 rings (SSSR count). The van der Waals surface area contributed by atoms with Crippen molar-refractivity contribution in [3.8, 4) is 0 Å². The zero-order valence-electron chi connectivity index (χ0n) is 5.95. The van der Waals surface area contributed by atoms with Crippen LogP contribution in [-0.2, 0) is 0 Å². The van der Waals surface area contributed by atoms with Gasteiger partial charge < -0.3 is 5.73 Å². The highest BCUT2D eigenvalue weighted by molar-refractivity contribution is 4.77. The van der Waals surface area contributed by atoms with E-state index >= 15 is 0 Å². The zero-order chi connectivity index (χ0) is 7.61. The third-order valence-corrected chi connectivity index (χ3v) is 2.11. The van der Waals surface area contributed by atoms with Crippen LogP contribution in [0, 0.1) is 5.92 Å². The molecule has 1 nitrogen and oxygen atoms in total. The molecule has 0 saturated heterocycles. The van der Waals surface area contributed by atoms with Crippen molar-refractivity contribution in [2.75, 3.05) is 6.54 Å². The van der Waals surface area contributed by atoms with Gasteiger partial charge in [-0.05, 0) is 5.92 Å². The highest BCUT2D eigenvalue weighted by Crippen LogP contribution is 2.35. The molecule has 0 aromatic rings. The van der Waals surface area contributed by atoms with Gasteiger partial charge in [0.05, 0.1) is 6.54 Å². The summed E-state index contributed by atoms with van der Waals surface area (Å²) in [6.07, 6.45) is 3.06. The first-order valence-corrected chi connectivity index (χ1v) is 3.72. The van der Waals surface area contributed by atoms with E-state index in [1.165, 1.54) is 0 Å². The van der Waals surface area contributed by atoms with E-state index in [1.807, 2.05) is 0 Å². The van der Waals surface area contributed by atoms with Crippen LogP contribution in [0.25, 0.3) is 0 Å². The van der Waals surface area contributed by atoms with Gasteiger partial charge in [-0.25, -0.2) is 8.78 Å². The van der Waals surface area contributed by atoms with E-state index in [2.05, 4.69) is 0 Å². The van der Waals surface area contributed by atoms with Crippen molar-refractivity contribution < 1.29 is 8.78 Å². The van der Waals surface area contributed by atoms with Gasteiger partial charge in [-0.15, -0.1) is 0 Å². The highest BCUT2D eigenvalue weighted by Gasteiger charge is 2.33. The first kappa shape index (κ1) is 7.92. The van der Waals surface area contributed by atoms with Crippen LogP contribution in [0.5, 0.6) is 0 Å². The smallest absolute Gasteiger partial charge is 0.260 e. The lowest BCUT2D eigenvalue weighted by molar-refractivity contribution is -0.0245. The van der Waals surface area contributed by atoms with Gasteiger partial charge in [0.2, 0.25) is 0 Å². The highest BCUT2D eigenvalue weighted by atomic mass is 19.3. The number of rotatable bonds is 3. The molecule has 1 fully saturated rings. The molecule has 0 amide bonds. The second kappa shape index (κ2) is 2.82. The van der Waals surface area contributed by atoms with Crippen LogP contribution in [-0.4, -0.2) is 12.5 Å². The minimum Gasteiger partial charge on any atom is -0.325 e. The summed E-state index contributed by atoms with van der Waals surface area (Å²) in [6, 6.07) is 0. The monoisotopic (exact) mass is 149 g/mol. The molecular formula is C7H13F2N. The van der Waals surface area contributed by atoms with Crippen molar-refractivity contribution in [3.05, 3.63) is 0 Å². The largest absolute Gasteiger partial charge is 0.325 e. The molecule has 2 N–H and O–H groups in total. The maximum atomic E-state index is 12.5. The Morgan fingerprint density at radius 3 is 2.30 bits per heavy atom. The molecule has 1 aliphatic carbocycles. The number of halogens is 2. The summed E-state index contributed by atoms with van der Waals surface area (Å²) in [6.45, 7) is -0.497. The molecule has 0 aromatic carbocycles. The molecule has 1 aliphatic rings. The SMILES string of the molecule is NCC(F)(F)CC1CCC1. The van der Waals surface area contributed by atoms with Crippen LogP contribution in [0.1, 0.15) is 25.7 Å². The molecule has 10 heavy (non-hydrogen) atoms. The van der Waals surface area contributed by atoms with Crippen molar-refractivity contribution in [2.45, 2.75) is 31.6 Å². The standard InChI is InChI=1S/C7H13F2N/c8-7(9,5-10)4-6-2-1-3-6/h6H,1-5,10H2. The summed E-state index contributed by atoms with van der Waals surface area (Å²) in [5.41, 5.74) is 4.88. The lowest BCUT2D eigenvalue weighted by atomic mass is 9.81. The lowest BCUT2D eigenvalue weighted by Crippen LogP contribution is -2.32. The third kappa shape index (κ3) is 1.90. The molecule has 0 aromatic heterocycles. The number of hydrogen-bond acceptors (Lipinski definition) is 1. The maximum Gasteiger partial charge on any atom is 0.260 e. The van der Waals surface area contributed by atoms with E-state index in [-0.39, 0.29) is 12.3 Å². The van der Waals surface area contributed by atoms with E-state index in [1.54, 1.807) is 0 Å². The molecule has 0 heterocycles. The predicted octanol–water partition coefficient (Wildman–Crippen LogP) is 1.77. The molecule has 0 radical (unpaired) electrons. The molecule has 1 saturated carbocycles. The van der Waals surface area contributed by atoms with Gasteiger partial charge in [-0.3, -0.25) is 0 Å². The molecule has 0 bridgehead atoms. The average Bonchev–Trinajstić information content (AvgIpc) is 1.80. The Kier molecular flexibility index (Phi) is 2.24. The molecule has 0 atom stereocenters. The molecule has 0 unspecified atom stereocenters. The van der Waals surface area contributed by atoms with Crippen molar-refractivity contribution in [1.82, 2.24) is 0 Å². The minimum atomic E-state index is -2.61. The first-order valence-electron chi connectivity index (χ1n) is 3.72. The van der Waals surface area contributed by atoms with Gasteiger partial charge in [0.15, 0.2) is 0 Å². The van der Waals surface area contributed by atoms with Crippen LogP contribution < -0.4 is 5.73 Å². The molecule has 3 heteroatoms. The number of alkyl halides is 2. The molecule has 0 aliphatic heterocycles. The molecular weight excluding hydrogens is 136 g/mol. The summed E-state index contributed by atoms with van der Waals surface area (Å²) < 4.78 is 25.0. The fourth-order valence-electron chi connectivity index (χ4n) is 1.20. The van der Waals surface area contributed by atoms with E-state index in [9.17, 15) is 8.78 Å². The van der Waals surface area contributed by atoms with Gasteiger partial charge in [-0.1, -0.05) is 19.3 Å². The van der Waals surface area contributed by atoms with Gasteiger partial charge in [0.1, 0.15) is 0 Å². The Hall–Kier alpha value is -0.180. The Labute approximate surface area is 59.6 Å². The summed E-state index contributed by atoms with van der Waals surface area (Å²) in [5.74, 6) is -2.36. The zero-order valence-corrected chi connectivity index (χ0v) is 5.95. The Balaban J connectivity index is 2.21. The van der Waals surface area contributed by atoms with Crippen molar-refractivity contribution in [2.24, 2.45) is 11.7 Å². The summed E-state index contributed by atoms with van der Waals surface area (Å²) >= 11 is 0. The van der Waals surface area contributed by atoms with Crippen molar-refractivity contribution >= 4 is 0 Å². The van der Waals surface area contributed by atoms with Crippen LogP contribution in [0.15, 0.2) is 0 Å². The maximum absolute atomic E-state index is 12.5. The fourth-order valence-corrected chi connectivity index (χ4v) is 1.20. The summed E-state index contributed by atoms with van der Waals surface area (Å²) in [4.78, 5) is 0. The summed E-state index contributed by atoms with van der Waals surface area (Å²) in [5, 5.41) is 0. The predicted molar refractivity (Wildman–Crippen MR) is 36.0 cm³/mol. The minimum absolute atomic E-state index is 0.00347. The normalized spacial score (nSPS) is 20.7. The summed E-state index contributed by atoms with van der Waals surface area (Å²) in [7, 11) is 0. The van der Waals surface area contributed by atoms with E-state index in [0.29, 0.717) is 0 Å². The number of nitrogens with two attached hydrogens (primary N) is 1. The quantitative estimate of drug-likeness (QED) is 0.650. The van der Waals surface area contributed by atoms with E-state index < -0.39 is 12.5 Å². The van der Waals surface area contributed by atoms with Crippen LogP contribution in [0.3, 0.4) is 0 Å². The number of hydrogen-bond donors (Lipinski definition) is 1. The van der Waals surface area contributed by atoms with Gasteiger partial charge in [0.25, 0.3) is 5.92 Å². The van der Waals surface area contributed by atoms with Gasteiger partial charge >= 0.3 is 0 Å². The second-order valence-electron chi connectivity index (χ2n) is 3.06. The lowest BCUT2D eigenvalue weighted by Gasteiger charge is -2.28. The van der Waals surface area contributed by atoms with Gasteiger partial charge in [0, 0.05) is 6.42 Å². The average molecular weight is 149 g/mol. The second-order valence-corrected chi connectivity index (χ2v) is 3.06. The van der Waals surface area contributed by atoms with E-state index in [4.69, 9.17) is 5.73 Å². The van der Waals surface area contributed by atoms with Crippen molar-refractivity contribution in [3.63, 3.8) is 0 Å². The Bertz CT molecular complexity index is 110. The fraction of sp³-hybridized carbons (Fsp3) is 1.00. The van der Waals surface area contributed by atoms with Crippen molar-refractivity contribution in [1.29, 1.82) is 0 Å². The first-order chi connectivity index (χ1) is 4.64. The Morgan fingerprint density at radius 2 is 2.00 bits per heavy atom. The van der Waals surface area contributed by atoms with E-state index in [0.717, 1.165) is 19.3 Å². The van der Waals surface area contributed by atoms with Gasteiger partial charge in [-0.2, -0.15) is 0 Å². The van der Waals surface area contributed by atoms with Crippen LogP contribution in [0.2, 0.25) is 0 Å². The Morgan fingerprint density at radius 1 is 1.40 bits per heavy atom.